The van der Waals surface area contributed by atoms with Gasteiger partial charge >= 0.3 is 0 Å². The normalized spacial score (nSPS) is 17.2. The number of H-pyrrole nitrogens is 1. The molecule has 2 aliphatic rings. The highest BCUT2D eigenvalue weighted by molar-refractivity contribution is 5.95. The molecule has 0 atom stereocenters. The minimum atomic E-state index is -0.0803. The number of ether oxygens (including phenoxy) is 1. The number of morpholine rings is 1. The molecule has 1 aromatic heterocycles. The van der Waals surface area contributed by atoms with Crippen molar-refractivity contribution in [1.29, 1.82) is 5.26 Å². The van der Waals surface area contributed by atoms with Crippen molar-refractivity contribution in [3.63, 3.8) is 0 Å². The van der Waals surface area contributed by atoms with Gasteiger partial charge in [0.1, 0.15) is 6.07 Å². The predicted molar refractivity (Wildman–Crippen MR) is 120 cm³/mol. The number of benzene rings is 1. The summed E-state index contributed by atoms with van der Waals surface area (Å²) in [5.41, 5.74) is 5.84. The quantitative estimate of drug-likeness (QED) is 0.691. The first kappa shape index (κ1) is 21.5. The third-order valence-corrected chi connectivity index (χ3v) is 6.24. The van der Waals surface area contributed by atoms with Crippen molar-refractivity contribution in [3.05, 3.63) is 58.2 Å². The summed E-state index contributed by atoms with van der Waals surface area (Å²) in [6, 6.07) is 8.58. The van der Waals surface area contributed by atoms with Gasteiger partial charge in [0, 0.05) is 26.1 Å². The summed E-state index contributed by atoms with van der Waals surface area (Å²) in [7, 11) is 0. The molecule has 1 fully saturated rings. The van der Waals surface area contributed by atoms with Crippen molar-refractivity contribution in [2.24, 2.45) is 0 Å². The zero-order chi connectivity index (χ0) is 21.6. The largest absolute Gasteiger partial charge is 0.379 e. The minimum Gasteiger partial charge on any atom is -0.379 e. The Balaban J connectivity index is 1.54. The summed E-state index contributed by atoms with van der Waals surface area (Å²) in [6.07, 6.45) is 8.21. The molecule has 0 bridgehead atoms. The summed E-state index contributed by atoms with van der Waals surface area (Å²) in [5, 5.41) is 9.13. The van der Waals surface area contributed by atoms with Gasteiger partial charge in [-0.1, -0.05) is 24.3 Å². The number of Topliss-reactive ketones (excluding diaryl/α,β-unsaturated/α-hetero) is 1. The van der Waals surface area contributed by atoms with Gasteiger partial charge in [0.25, 0.3) is 0 Å². The van der Waals surface area contributed by atoms with E-state index in [4.69, 9.17) is 10.00 Å². The molecular formula is C25H30N4O2. The molecule has 1 aliphatic heterocycles. The molecule has 0 spiro atoms. The Hall–Kier alpha value is -2.75. The number of aromatic amines is 1. The Kier molecular flexibility index (Phi) is 6.96. The number of nitrogens with zero attached hydrogens (tertiary/aromatic N) is 3. The maximum absolute atomic E-state index is 12.9. The van der Waals surface area contributed by atoms with Gasteiger partial charge in [-0.2, -0.15) is 5.26 Å². The van der Waals surface area contributed by atoms with E-state index < -0.39 is 0 Å². The van der Waals surface area contributed by atoms with Gasteiger partial charge in [-0.05, 0) is 61.3 Å². The standard InChI is InChI=1S/C25H30N4O2/c1-18-23(17-26)28-25(27-18)24(30)16-21-8-7-19(9-10-29-11-13-31-14-12-29)15-22(21)20-5-3-2-4-6-20/h5,7-8,15H,2-4,6,9-14,16H2,1H3,(H,27,28). The average molecular weight is 419 g/mol. The van der Waals surface area contributed by atoms with Crippen LogP contribution < -0.4 is 0 Å². The minimum absolute atomic E-state index is 0.0803. The third kappa shape index (κ3) is 5.30. The Morgan fingerprint density at radius 2 is 2.13 bits per heavy atom. The molecule has 0 amide bonds. The van der Waals surface area contributed by atoms with Crippen LogP contribution in [0.25, 0.3) is 5.57 Å². The molecule has 4 rings (SSSR count). The van der Waals surface area contributed by atoms with E-state index in [1.165, 1.54) is 29.5 Å². The van der Waals surface area contributed by atoms with Crippen molar-refractivity contribution >= 4 is 11.4 Å². The number of nitrogens with one attached hydrogen (secondary N) is 1. The van der Waals surface area contributed by atoms with Crippen LogP contribution in [0.3, 0.4) is 0 Å². The van der Waals surface area contributed by atoms with Gasteiger partial charge in [-0.15, -0.1) is 0 Å². The van der Waals surface area contributed by atoms with Gasteiger partial charge in [0.15, 0.2) is 11.5 Å². The smallest absolute Gasteiger partial charge is 0.202 e. The summed E-state index contributed by atoms with van der Waals surface area (Å²) in [5.74, 6) is 0.192. The zero-order valence-corrected chi connectivity index (χ0v) is 18.2. The van der Waals surface area contributed by atoms with Gasteiger partial charge in [0.2, 0.25) is 5.78 Å². The fourth-order valence-electron chi connectivity index (χ4n) is 4.38. The number of rotatable bonds is 7. The van der Waals surface area contributed by atoms with Crippen LogP contribution in [0.2, 0.25) is 0 Å². The Morgan fingerprint density at radius 1 is 1.29 bits per heavy atom. The molecule has 2 heterocycles. The van der Waals surface area contributed by atoms with Crippen molar-refractivity contribution in [3.8, 4) is 6.07 Å². The molecule has 0 radical (unpaired) electrons. The van der Waals surface area contributed by atoms with E-state index in [2.05, 4.69) is 39.1 Å². The molecule has 6 heteroatoms. The van der Waals surface area contributed by atoms with Crippen LogP contribution in [0.4, 0.5) is 0 Å². The SMILES string of the molecule is Cc1[nH]c(C(=O)Cc2ccc(CCN3CCOCC3)cc2C2=CCCCC2)nc1C#N. The van der Waals surface area contributed by atoms with Crippen LogP contribution >= 0.6 is 0 Å². The van der Waals surface area contributed by atoms with Gasteiger partial charge < -0.3 is 9.72 Å². The summed E-state index contributed by atoms with van der Waals surface area (Å²) < 4.78 is 5.45. The molecule has 1 N–H and O–H groups in total. The Morgan fingerprint density at radius 3 is 2.84 bits per heavy atom. The fraction of sp³-hybridized carbons (Fsp3) is 0.480. The number of aryl methyl sites for hydroxylation is 1. The van der Waals surface area contributed by atoms with Gasteiger partial charge in [-0.25, -0.2) is 4.98 Å². The number of hydrogen-bond acceptors (Lipinski definition) is 5. The van der Waals surface area contributed by atoms with E-state index in [1.807, 2.05) is 6.07 Å². The second-order valence-corrected chi connectivity index (χ2v) is 8.44. The van der Waals surface area contributed by atoms with Crippen LogP contribution in [0.5, 0.6) is 0 Å². The van der Waals surface area contributed by atoms with Crippen LogP contribution in [0.1, 0.15) is 64.4 Å². The van der Waals surface area contributed by atoms with Crippen molar-refractivity contribution in [1.82, 2.24) is 14.9 Å². The number of ketones is 1. The van der Waals surface area contributed by atoms with Crippen molar-refractivity contribution in [2.75, 3.05) is 32.8 Å². The number of imidazole rings is 1. The van der Waals surface area contributed by atoms with E-state index in [9.17, 15) is 4.79 Å². The highest BCUT2D eigenvalue weighted by Crippen LogP contribution is 2.30. The number of aromatic nitrogens is 2. The van der Waals surface area contributed by atoms with Crippen molar-refractivity contribution < 1.29 is 9.53 Å². The molecule has 2 aromatic rings. The highest BCUT2D eigenvalue weighted by Gasteiger charge is 2.19. The fourth-order valence-corrected chi connectivity index (χ4v) is 4.38. The molecule has 1 saturated heterocycles. The van der Waals surface area contributed by atoms with Crippen LogP contribution in [0.15, 0.2) is 24.3 Å². The lowest BCUT2D eigenvalue weighted by Gasteiger charge is -2.26. The van der Waals surface area contributed by atoms with Gasteiger partial charge in [-0.3, -0.25) is 9.69 Å². The Bertz CT molecular complexity index is 1010. The number of hydrogen-bond donors (Lipinski definition) is 1. The summed E-state index contributed by atoms with van der Waals surface area (Å²) in [6.45, 7) is 6.43. The van der Waals surface area contributed by atoms with E-state index in [-0.39, 0.29) is 23.7 Å². The molecule has 0 unspecified atom stereocenters. The molecule has 1 aromatic carbocycles. The highest BCUT2D eigenvalue weighted by atomic mass is 16.5. The first-order chi connectivity index (χ1) is 15.1. The molecule has 1 aliphatic carbocycles. The monoisotopic (exact) mass is 418 g/mol. The average Bonchev–Trinajstić information content (AvgIpc) is 3.20. The maximum Gasteiger partial charge on any atom is 0.202 e. The molecule has 6 nitrogen and oxygen atoms in total. The second kappa shape index (κ2) is 10.0. The van der Waals surface area contributed by atoms with E-state index in [0.29, 0.717) is 5.69 Å². The van der Waals surface area contributed by atoms with Crippen LogP contribution in [-0.2, 0) is 17.6 Å². The topological polar surface area (TPSA) is 82.0 Å². The maximum atomic E-state index is 12.9. The van der Waals surface area contributed by atoms with E-state index >= 15 is 0 Å². The third-order valence-electron chi connectivity index (χ3n) is 6.24. The predicted octanol–water partition coefficient (Wildman–Crippen LogP) is 3.85. The number of carbonyl (C=O) groups is 1. The molecule has 0 saturated carbocycles. The lowest BCUT2D eigenvalue weighted by molar-refractivity contribution is 0.0384. The molecule has 31 heavy (non-hydrogen) atoms. The van der Waals surface area contributed by atoms with Crippen LogP contribution in [0, 0.1) is 18.3 Å². The molecule has 162 valence electrons. The number of allylic oxidation sites excluding steroid dienone is 2. The lowest BCUT2D eigenvalue weighted by atomic mass is 9.87. The number of carbonyl (C=O) groups excluding carboxylic acids is 1. The van der Waals surface area contributed by atoms with E-state index in [0.717, 1.165) is 57.7 Å². The van der Waals surface area contributed by atoms with E-state index in [1.54, 1.807) is 6.92 Å². The summed E-state index contributed by atoms with van der Waals surface area (Å²) in [4.78, 5) is 22.5. The Labute approximate surface area is 183 Å². The zero-order valence-electron chi connectivity index (χ0n) is 18.2. The van der Waals surface area contributed by atoms with Crippen LogP contribution in [-0.4, -0.2) is 53.5 Å². The number of nitriles is 1. The summed E-state index contributed by atoms with van der Waals surface area (Å²) >= 11 is 0. The van der Waals surface area contributed by atoms with Gasteiger partial charge in [0.05, 0.1) is 18.9 Å². The molecular weight excluding hydrogens is 388 g/mol. The first-order valence-electron chi connectivity index (χ1n) is 11.3. The first-order valence-corrected chi connectivity index (χ1v) is 11.3. The second-order valence-electron chi connectivity index (χ2n) is 8.44. The van der Waals surface area contributed by atoms with Crippen molar-refractivity contribution in [2.45, 2.75) is 45.4 Å². The lowest BCUT2D eigenvalue weighted by Crippen LogP contribution is -2.37.